The van der Waals surface area contributed by atoms with Crippen LogP contribution in [0.25, 0.3) is 11.2 Å². The molecule has 4 rings (SSSR count). The summed E-state index contributed by atoms with van der Waals surface area (Å²) in [4.78, 5) is 11.9. The van der Waals surface area contributed by atoms with Gasteiger partial charge in [-0.3, -0.25) is 10.6 Å². The molecule has 0 amide bonds. The maximum Gasteiger partial charge on any atom is 0.178 e. The van der Waals surface area contributed by atoms with Crippen LogP contribution in [-0.2, 0) is 13.1 Å². The number of nitrogens with zero attached hydrogens (tertiary/aromatic N) is 3. The summed E-state index contributed by atoms with van der Waals surface area (Å²) in [6, 6.07) is 13.0. The van der Waals surface area contributed by atoms with E-state index in [1.165, 1.54) is 18.3 Å². The first-order valence-corrected chi connectivity index (χ1v) is 10.0. The van der Waals surface area contributed by atoms with Crippen molar-refractivity contribution in [1.82, 2.24) is 20.3 Å². The van der Waals surface area contributed by atoms with E-state index >= 15 is 0 Å². The molecule has 0 saturated heterocycles. The number of pyridine rings is 1. The highest BCUT2D eigenvalue weighted by Crippen LogP contribution is 2.24. The summed E-state index contributed by atoms with van der Waals surface area (Å²) in [7, 11) is 1.63. The first-order valence-electron chi connectivity index (χ1n) is 9.67. The van der Waals surface area contributed by atoms with Crippen LogP contribution in [0.5, 0.6) is 5.75 Å². The van der Waals surface area contributed by atoms with Crippen molar-refractivity contribution in [2.45, 2.75) is 13.1 Å². The van der Waals surface area contributed by atoms with Gasteiger partial charge in [-0.25, -0.2) is 19.4 Å². The molecule has 2 aromatic heterocycles. The number of hydrogen-bond donors (Lipinski definition) is 4. The number of aromatic nitrogens is 3. The van der Waals surface area contributed by atoms with Crippen LogP contribution in [0, 0.1) is 11.2 Å². The Morgan fingerprint density at radius 1 is 1.25 bits per heavy atom. The quantitative estimate of drug-likeness (QED) is 0.188. The minimum absolute atomic E-state index is 0.154. The third-order valence-electron chi connectivity index (χ3n) is 4.86. The number of hydrogen-bond acceptors (Lipinski definition) is 6. The number of H-pyrrole nitrogens is 1. The van der Waals surface area contributed by atoms with Crippen LogP contribution in [0.2, 0.25) is 5.02 Å². The fraction of sp³-hybridized carbons (Fsp3) is 0.136. The van der Waals surface area contributed by atoms with E-state index in [2.05, 4.69) is 20.3 Å². The van der Waals surface area contributed by atoms with E-state index in [0.29, 0.717) is 40.7 Å². The molecule has 0 spiro atoms. The molecule has 0 aliphatic rings. The van der Waals surface area contributed by atoms with Crippen LogP contribution in [0.1, 0.15) is 17.0 Å². The van der Waals surface area contributed by atoms with Gasteiger partial charge in [-0.05, 0) is 30.3 Å². The van der Waals surface area contributed by atoms with Gasteiger partial charge in [0.1, 0.15) is 17.4 Å². The lowest BCUT2D eigenvalue weighted by atomic mass is 10.2. The zero-order valence-electron chi connectivity index (χ0n) is 17.1. The van der Waals surface area contributed by atoms with Crippen molar-refractivity contribution in [2.75, 3.05) is 12.2 Å². The number of anilines is 1. The number of para-hydroxylation sites is 1. The normalized spacial score (nSPS) is 11.0. The summed E-state index contributed by atoms with van der Waals surface area (Å²) >= 11 is 5.79. The number of methoxy groups -OCH3 is 1. The Morgan fingerprint density at radius 2 is 2.06 bits per heavy atom. The van der Waals surface area contributed by atoms with Crippen LogP contribution in [0.4, 0.5) is 10.1 Å². The maximum absolute atomic E-state index is 13.4. The fourth-order valence-corrected chi connectivity index (χ4v) is 3.44. The number of nitrogens with one attached hydrogen (secondary N) is 3. The largest absolute Gasteiger partial charge is 0.496 e. The predicted molar refractivity (Wildman–Crippen MR) is 120 cm³/mol. The average Bonchev–Trinajstić information content (AvgIpc) is 3.23. The van der Waals surface area contributed by atoms with Crippen molar-refractivity contribution in [3.05, 3.63) is 82.5 Å². The number of benzene rings is 2. The van der Waals surface area contributed by atoms with Crippen molar-refractivity contribution in [2.24, 2.45) is 0 Å². The monoisotopic (exact) mass is 454 g/mol. The van der Waals surface area contributed by atoms with Gasteiger partial charge < -0.3 is 15.0 Å². The second-order valence-corrected chi connectivity index (χ2v) is 7.32. The lowest BCUT2D eigenvalue weighted by Gasteiger charge is -2.18. The fourth-order valence-electron chi connectivity index (χ4n) is 3.26. The number of imidazole rings is 1. The van der Waals surface area contributed by atoms with Crippen molar-refractivity contribution < 1.29 is 14.3 Å². The zero-order chi connectivity index (χ0) is 22.7. The molecular formula is C22H20ClFN6O2. The van der Waals surface area contributed by atoms with Crippen molar-refractivity contribution in [1.29, 1.82) is 5.41 Å². The Kier molecular flexibility index (Phi) is 6.31. The predicted octanol–water partition coefficient (Wildman–Crippen LogP) is 4.27. The summed E-state index contributed by atoms with van der Waals surface area (Å²) in [5.41, 5.74) is 2.46. The van der Waals surface area contributed by atoms with Crippen LogP contribution in [-0.4, -0.2) is 33.1 Å². The Morgan fingerprint density at radius 3 is 2.84 bits per heavy atom. The van der Waals surface area contributed by atoms with Gasteiger partial charge in [0.05, 0.1) is 29.9 Å². The molecule has 0 aliphatic heterocycles. The number of fused-ring (bicyclic) bond motifs is 1. The van der Waals surface area contributed by atoms with Crippen molar-refractivity contribution in [3.8, 4) is 5.75 Å². The molecular weight excluding hydrogens is 435 g/mol. The molecule has 0 unspecified atom stereocenters. The number of ether oxygens (including phenoxy) is 1. The van der Waals surface area contributed by atoms with Crippen LogP contribution in [0.3, 0.4) is 0 Å². The van der Waals surface area contributed by atoms with Gasteiger partial charge in [-0.15, -0.1) is 0 Å². The van der Waals surface area contributed by atoms with E-state index in [1.54, 1.807) is 13.2 Å². The molecule has 4 N–H and O–H groups in total. The van der Waals surface area contributed by atoms with Gasteiger partial charge in [0.2, 0.25) is 0 Å². The third-order valence-corrected chi connectivity index (χ3v) is 5.15. The number of amidine groups is 1. The van der Waals surface area contributed by atoms with Crippen molar-refractivity contribution in [3.63, 3.8) is 0 Å². The number of aromatic amines is 1. The van der Waals surface area contributed by atoms with Crippen LogP contribution in [0.15, 0.2) is 54.7 Å². The van der Waals surface area contributed by atoms with E-state index in [9.17, 15) is 9.60 Å². The summed E-state index contributed by atoms with van der Waals surface area (Å²) in [5.74, 6) is 0.570. The lowest BCUT2D eigenvalue weighted by molar-refractivity contribution is 0.312. The second-order valence-electron chi connectivity index (χ2n) is 6.91. The molecule has 2 aromatic carbocycles. The molecule has 0 bridgehead atoms. The lowest BCUT2D eigenvalue weighted by Crippen LogP contribution is -2.27. The van der Waals surface area contributed by atoms with E-state index in [1.807, 2.05) is 24.3 Å². The third kappa shape index (κ3) is 4.40. The highest BCUT2D eigenvalue weighted by Gasteiger charge is 2.18. The molecule has 0 aliphatic carbocycles. The number of halogens is 2. The maximum atomic E-state index is 13.4. The smallest absolute Gasteiger partial charge is 0.178 e. The van der Waals surface area contributed by atoms with Gasteiger partial charge in [0.15, 0.2) is 11.5 Å². The summed E-state index contributed by atoms with van der Waals surface area (Å²) in [5, 5.41) is 22.7. The second kappa shape index (κ2) is 9.31. The van der Waals surface area contributed by atoms with Crippen molar-refractivity contribution >= 4 is 34.3 Å². The molecule has 2 heterocycles. The molecule has 32 heavy (non-hydrogen) atoms. The Balaban J connectivity index is 1.52. The van der Waals surface area contributed by atoms with E-state index < -0.39 is 5.82 Å². The highest BCUT2D eigenvalue weighted by molar-refractivity contribution is 6.31. The van der Waals surface area contributed by atoms with E-state index in [-0.39, 0.29) is 16.5 Å². The SMILES string of the molecule is COc1ccccc1CNCc1nc2nccc(C(=N)N(O)c3ccc(F)c(Cl)c3)c2[nH]1. The first kappa shape index (κ1) is 21.7. The molecule has 0 radical (unpaired) electrons. The zero-order valence-corrected chi connectivity index (χ0v) is 17.8. The molecule has 8 nitrogen and oxygen atoms in total. The van der Waals surface area contributed by atoms with Crippen LogP contribution >= 0.6 is 11.6 Å². The van der Waals surface area contributed by atoms with Gasteiger partial charge in [-0.2, -0.15) is 0 Å². The first-order chi connectivity index (χ1) is 15.5. The average molecular weight is 455 g/mol. The minimum Gasteiger partial charge on any atom is -0.496 e. The molecule has 10 heteroatoms. The Hall–Kier alpha value is -3.53. The molecule has 0 saturated carbocycles. The number of hydroxylamine groups is 1. The molecule has 0 atom stereocenters. The van der Waals surface area contributed by atoms with Crippen LogP contribution < -0.4 is 15.1 Å². The summed E-state index contributed by atoms with van der Waals surface area (Å²) in [6.45, 7) is 1.00. The van der Waals surface area contributed by atoms with Gasteiger partial charge in [0.25, 0.3) is 0 Å². The van der Waals surface area contributed by atoms with E-state index in [0.717, 1.165) is 17.4 Å². The highest BCUT2D eigenvalue weighted by atomic mass is 35.5. The topological polar surface area (TPSA) is 110 Å². The standard InChI is InChI=1S/C22H20ClFN6O2/c1-32-18-5-3-2-4-13(18)11-26-12-19-28-20-15(8-9-27-22(20)29-19)21(25)30(31)14-6-7-17(24)16(23)10-14/h2-10,25-26,31H,11-12H2,1H3,(H,27,28,29). The number of rotatable bonds is 7. The summed E-state index contributed by atoms with van der Waals surface area (Å²) in [6.07, 6.45) is 1.50. The molecule has 4 aromatic rings. The molecule has 0 fully saturated rings. The van der Waals surface area contributed by atoms with Gasteiger partial charge >= 0.3 is 0 Å². The van der Waals surface area contributed by atoms with E-state index in [4.69, 9.17) is 21.7 Å². The van der Waals surface area contributed by atoms with Gasteiger partial charge in [0, 0.05) is 23.9 Å². The Bertz CT molecular complexity index is 1280. The Labute approximate surface area is 188 Å². The minimum atomic E-state index is -0.611. The molecule has 164 valence electrons. The van der Waals surface area contributed by atoms with Gasteiger partial charge in [-0.1, -0.05) is 29.8 Å². The summed E-state index contributed by atoms with van der Waals surface area (Å²) < 4.78 is 18.8.